The fraction of sp³-hybridized carbons (Fsp3) is 0.833. The molecule has 2 unspecified atom stereocenters. The summed E-state index contributed by atoms with van der Waals surface area (Å²) in [6.45, 7) is -1.27. The minimum Gasteiger partial charge on any atom is -0.367 e. The fourth-order valence-electron chi connectivity index (χ4n) is 2.46. The van der Waals surface area contributed by atoms with Gasteiger partial charge in [-0.15, -0.1) is 0 Å². The summed E-state index contributed by atoms with van der Waals surface area (Å²) in [7, 11) is 0. The molecule has 21 heavy (non-hydrogen) atoms. The van der Waals surface area contributed by atoms with Gasteiger partial charge in [0.05, 0.1) is 0 Å². The van der Waals surface area contributed by atoms with E-state index >= 15 is 0 Å². The van der Waals surface area contributed by atoms with Crippen molar-refractivity contribution in [2.75, 3.05) is 13.2 Å². The summed E-state index contributed by atoms with van der Waals surface area (Å²) in [5.74, 6) is -3.37. The first kappa shape index (κ1) is 16.2. The first-order chi connectivity index (χ1) is 9.94. The Labute approximate surface area is 118 Å². The number of nitrogens with two attached hydrogens (primary N) is 1. The molecule has 0 spiro atoms. The van der Waals surface area contributed by atoms with E-state index in [9.17, 15) is 17.6 Å². The van der Waals surface area contributed by atoms with Crippen molar-refractivity contribution in [1.82, 2.24) is 10.1 Å². The maximum Gasteiger partial charge on any atom is 0.330 e. The van der Waals surface area contributed by atoms with Crippen LogP contribution in [0, 0.1) is 5.92 Å². The summed E-state index contributed by atoms with van der Waals surface area (Å²) >= 11 is 0. The molecule has 5 nitrogen and oxygen atoms in total. The number of aromatic nitrogens is 2. The van der Waals surface area contributed by atoms with E-state index in [4.69, 9.17) is 10.3 Å². The molecule has 1 aromatic heterocycles. The van der Waals surface area contributed by atoms with Gasteiger partial charge in [0, 0.05) is 5.92 Å². The van der Waals surface area contributed by atoms with Gasteiger partial charge in [0.1, 0.15) is 13.2 Å². The van der Waals surface area contributed by atoms with Crippen molar-refractivity contribution in [3.63, 3.8) is 0 Å². The first-order valence-electron chi connectivity index (χ1n) is 6.70. The molecule has 2 N–H and O–H groups in total. The molecule has 0 radical (unpaired) electrons. The second-order valence-electron chi connectivity index (χ2n) is 5.14. The van der Waals surface area contributed by atoms with Crippen LogP contribution in [0.4, 0.5) is 17.6 Å². The van der Waals surface area contributed by atoms with Crippen LogP contribution in [-0.2, 0) is 11.3 Å². The monoisotopic (exact) mass is 311 g/mol. The summed E-state index contributed by atoms with van der Waals surface area (Å²) in [5, 5.41) is 3.61. The van der Waals surface area contributed by atoms with Gasteiger partial charge in [-0.3, -0.25) is 0 Å². The molecule has 1 aliphatic carbocycles. The molecule has 0 aliphatic heterocycles. The smallest absolute Gasteiger partial charge is 0.330 e. The van der Waals surface area contributed by atoms with E-state index in [0.29, 0.717) is 12.4 Å². The van der Waals surface area contributed by atoms with Crippen LogP contribution in [0.1, 0.15) is 36.9 Å². The molecular weight excluding hydrogens is 294 g/mol. The van der Waals surface area contributed by atoms with Gasteiger partial charge in [0.2, 0.25) is 5.89 Å². The molecule has 1 fully saturated rings. The van der Waals surface area contributed by atoms with Crippen LogP contribution >= 0.6 is 0 Å². The molecule has 120 valence electrons. The zero-order chi connectivity index (χ0) is 15.5. The van der Waals surface area contributed by atoms with Crippen LogP contribution < -0.4 is 5.73 Å². The van der Waals surface area contributed by atoms with E-state index in [1.54, 1.807) is 0 Å². The SMILES string of the molecule is NCC1CCCC1c1nc(COCC(F)(F)C(F)F)no1. The van der Waals surface area contributed by atoms with Gasteiger partial charge in [0.25, 0.3) is 0 Å². The highest BCUT2D eigenvalue weighted by Gasteiger charge is 2.41. The zero-order valence-corrected chi connectivity index (χ0v) is 11.3. The third-order valence-corrected chi connectivity index (χ3v) is 3.61. The van der Waals surface area contributed by atoms with Crippen molar-refractivity contribution in [3.05, 3.63) is 11.7 Å². The summed E-state index contributed by atoms with van der Waals surface area (Å²) < 4.78 is 58.8. The molecule has 2 atom stereocenters. The van der Waals surface area contributed by atoms with Gasteiger partial charge >= 0.3 is 12.3 Å². The number of rotatable bonds is 7. The normalized spacial score (nSPS) is 23.1. The van der Waals surface area contributed by atoms with Crippen molar-refractivity contribution >= 4 is 0 Å². The molecule has 0 bridgehead atoms. The highest BCUT2D eigenvalue weighted by Crippen LogP contribution is 2.38. The second kappa shape index (κ2) is 6.69. The highest BCUT2D eigenvalue weighted by molar-refractivity contribution is 5.00. The van der Waals surface area contributed by atoms with Crippen LogP contribution in [0.15, 0.2) is 4.52 Å². The Morgan fingerprint density at radius 2 is 2.14 bits per heavy atom. The number of halogens is 4. The minimum absolute atomic E-state index is 0.0673. The molecule has 1 saturated carbocycles. The minimum atomic E-state index is -4.18. The third-order valence-electron chi connectivity index (χ3n) is 3.61. The number of hydrogen-bond donors (Lipinski definition) is 1. The highest BCUT2D eigenvalue weighted by atomic mass is 19.3. The van der Waals surface area contributed by atoms with Gasteiger partial charge in [-0.05, 0) is 25.3 Å². The lowest BCUT2D eigenvalue weighted by atomic mass is 9.96. The molecule has 9 heteroatoms. The maximum atomic E-state index is 12.6. The summed E-state index contributed by atoms with van der Waals surface area (Å²) in [4.78, 5) is 4.06. The maximum absolute atomic E-state index is 12.6. The Morgan fingerprint density at radius 1 is 1.38 bits per heavy atom. The average Bonchev–Trinajstić information content (AvgIpc) is 3.05. The molecule has 1 aromatic rings. The van der Waals surface area contributed by atoms with Gasteiger partial charge in [-0.25, -0.2) is 8.78 Å². The van der Waals surface area contributed by atoms with Crippen LogP contribution in [0.2, 0.25) is 0 Å². The van der Waals surface area contributed by atoms with Crippen LogP contribution in [0.3, 0.4) is 0 Å². The van der Waals surface area contributed by atoms with Crippen molar-refractivity contribution in [2.24, 2.45) is 11.7 Å². The lowest BCUT2D eigenvalue weighted by Gasteiger charge is -2.14. The molecule has 1 heterocycles. The number of hydrogen-bond acceptors (Lipinski definition) is 5. The standard InChI is InChI=1S/C12H17F4N3O2/c13-11(14)12(15,16)6-20-5-9-18-10(21-19-9)8-3-1-2-7(8)4-17/h7-8,11H,1-6,17H2. The predicted octanol–water partition coefficient (Wildman–Crippen LogP) is 2.33. The predicted molar refractivity (Wildman–Crippen MR) is 64.0 cm³/mol. The van der Waals surface area contributed by atoms with E-state index in [2.05, 4.69) is 14.9 Å². The first-order valence-corrected chi connectivity index (χ1v) is 6.70. The molecule has 2 rings (SSSR count). The van der Waals surface area contributed by atoms with Gasteiger partial charge in [0.15, 0.2) is 5.82 Å². The van der Waals surface area contributed by atoms with Crippen molar-refractivity contribution in [2.45, 2.75) is 44.1 Å². The summed E-state index contributed by atoms with van der Waals surface area (Å²) in [5.41, 5.74) is 5.66. The Hall–Kier alpha value is -1.22. The summed E-state index contributed by atoms with van der Waals surface area (Å²) in [6.07, 6.45) is -0.882. The largest absolute Gasteiger partial charge is 0.367 e. The Balaban J connectivity index is 1.86. The van der Waals surface area contributed by atoms with Gasteiger partial charge in [-0.1, -0.05) is 11.6 Å². The van der Waals surface area contributed by atoms with E-state index in [0.717, 1.165) is 19.3 Å². The van der Waals surface area contributed by atoms with Crippen LogP contribution in [0.25, 0.3) is 0 Å². The van der Waals surface area contributed by atoms with Crippen molar-refractivity contribution in [3.8, 4) is 0 Å². The Kier molecular flexibility index (Phi) is 5.15. The fourth-order valence-corrected chi connectivity index (χ4v) is 2.46. The van der Waals surface area contributed by atoms with Crippen LogP contribution in [-0.4, -0.2) is 35.6 Å². The van der Waals surface area contributed by atoms with Crippen LogP contribution in [0.5, 0.6) is 0 Å². The Morgan fingerprint density at radius 3 is 2.81 bits per heavy atom. The van der Waals surface area contributed by atoms with E-state index in [-0.39, 0.29) is 17.7 Å². The quantitative estimate of drug-likeness (QED) is 0.782. The van der Waals surface area contributed by atoms with Gasteiger partial charge in [-0.2, -0.15) is 13.8 Å². The van der Waals surface area contributed by atoms with E-state index in [1.165, 1.54) is 0 Å². The Bertz CT molecular complexity index is 455. The molecule has 1 aliphatic rings. The number of nitrogens with zero attached hydrogens (tertiary/aromatic N) is 2. The third kappa shape index (κ3) is 3.91. The second-order valence-corrected chi connectivity index (χ2v) is 5.14. The molecule has 0 saturated heterocycles. The topological polar surface area (TPSA) is 74.2 Å². The van der Waals surface area contributed by atoms with E-state index in [1.807, 2.05) is 0 Å². The average molecular weight is 311 g/mol. The van der Waals surface area contributed by atoms with Crippen molar-refractivity contribution < 1.29 is 26.8 Å². The molecule has 0 aromatic carbocycles. The molecular formula is C12H17F4N3O2. The van der Waals surface area contributed by atoms with Crippen molar-refractivity contribution in [1.29, 1.82) is 0 Å². The lowest BCUT2D eigenvalue weighted by Crippen LogP contribution is -2.32. The zero-order valence-electron chi connectivity index (χ0n) is 11.3. The number of alkyl halides is 4. The van der Waals surface area contributed by atoms with Gasteiger partial charge < -0.3 is 15.0 Å². The van der Waals surface area contributed by atoms with E-state index < -0.39 is 25.6 Å². The summed E-state index contributed by atoms with van der Waals surface area (Å²) in [6, 6.07) is 0. The lowest BCUT2D eigenvalue weighted by molar-refractivity contribution is -0.168. The number of ether oxygens (including phenoxy) is 1. The molecule has 0 amide bonds.